The van der Waals surface area contributed by atoms with Crippen molar-refractivity contribution in [2.75, 3.05) is 0 Å². The summed E-state index contributed by atoms with van der Waals surface area (Å²) < 4.78 is 0. The molecule has 0 saturated heterocycles. The molecule has 0 aliphatic heterocycles. The van der Waals surface area contributed by atoms with E-state index in [4.69, 9.17) is 7.74 Å². The molecule has 0 rings (SSSR count). The number of hydrogen-bond donors (Lipinski definition) is 0. The van der Waals surface area contributed by atoms with E-state index in [1.54, 1.807) is 0 Å². The van der Waals surface area contributed by atoms with Crippen LogP contribution >= 0.6 is 0 Å². The molecule has 0 aliphatic rings. The van der Waals surface area contributed by atoms with Crippen molar-refractivity contribution in [3.8, 4) is 0 Å². The Morgan fingerprint density at radius 3 is 1.86 bits per heavy atom. The van der Waals surface area contributed by atoms with Gasteiger partial charge in [-0.25, -0.2) is 0 Å². The van der Waals surface area contributed by atoms with Crippen molar-refractivity contribution in [2.24, 2.45) is 0 Å². The van der Waals surface area contributed by atoms with Gasteiger partial charge in [0.15, 0.2) is 0 Å². The first-order chi connectivity index (χ1) is 3.18. The minimum atomic E-state index is 0.505. The lowest BCUT2D eigenvalue weighted by molar-refractivity contribution is 3.70. The molecule has 0 fully saturated rings. The first kappa shape index (κ1) is 7.45. The van der Waals surface area contributed by atoms with Gasteiger partial charge in [0, 0.05) is 0 Å². The third-order valence-corrected chi connectivity index (χ3v) is 0. The van der Waals surface area contributed by atoms with Crippen LogP contribution in [-0.4, -0.2) is 50.8 Å². The summed E-state index contributed by atoms with van der Waals surface area (Å²) in [5.74, 6) is 0. The Labute approximate surface area is 51.5 Å². The Kier molecular flexibility index (Phi) is 3.68. The van der Waals surface area contributed by atoms with Gasteiger partial charge in [0.1, 0.15) is 0 Å². The van der Waals surface area contributed by atoms with Crippen LogP contribution in [0.3, 0.4) is 0 Å². The zero-order valence-electron chi connectivity index (χ0n) is 2.31. The average molecular weight is 84.8 g/mol. The molecule has 0 heterocycles. The van der Waals surface area contributed by atoms with E-state index in [0.717, 1.165) is 6.39 Å². The second-order valence-corrected chi connectivity index (χ2v) is 0.577. The molecule has 0 atom stereocenters. The van der Waals surface area contributed by atoms with Crippen molar-refractivity contribution in [1.29, 1.82) is 0 Å². The van der Waals surface area contributed by atoms with E-state index >= 15 is 0 Å². The van der Waals surface area contributed by atoms with Crippen molar-refractivity contribution >= 4 is 50.8 Å². The molecule has 0 bridgehead atoms. The Balaban J connectivity index is 3.14. The first-order valence-electron chi connectivity index (χ1n) is 1.00. The van der Waals surface area contributed by atoms with Crippen molar-refractivity contribution in [3.63, 3.8) is 0 Å². The highest BCUT2D eigenvalue weighted by atomic mass is 12.9. The van der Waals surface area contributed by atoms with Gasteiger partial charge in [-0.2, -0.15) is 7.06 Å². The molecule has 0 aromatic carbocycles. The van der Waals surface area contributed by atoms with Crippen molar-refractivity contribution in [2.45, 2.75) is 0 Å². The van der Waals surface area contributed by atoms with Gasteiger partial charge in [-0.1, -0.05) is 14.1 Å². The van der Waals surface area contributed by atoms with E-state index in [0.29, 0.717) is 29.6 Å². The minimum Gasteiger partial charge on any atom is -0.264 e. The molecule has 0 saturated carbocycles. The summed E-state index contributed by atoms with van der Waals surface area (Å²) in [5, 5.41) is 0. The Hall–Kier alpha value is 0.455. The van der Waals surface area contributed by atoms with Crippen LogP contribution in [0.25, 0.3) is 0 Å². The van der Waals surface area contributed by atoms with Crippen LogP contribution in [0.4, 0.5) is 0 Å². The fourth-order valence-corrected chi connectivity index (χ4v) is 0. The van der Waals surface area contributed by atoms with Gasteiger partial charge in [0.05, 0.1) is 0 Å². The van der Waals surface area contributed by atoms with E-state index in [9.17, 15) is 0 Å². The molecule has 0 spiro atoms. The smallest absolute Gasteiger partial charge is 0.00825 e. The van der Waals surface area contributed by atoms with E-state index in [1.165, 1.54) is 0 Å². The Morgan fingerprint density at radius 1 is 1.43 bits per heavy atom. The molecule has 0 N–H and O–H groups in total. The molecular formula is H9B7-3. The lowest BCUT2D eigenvalue weighted by Crippen LogP contribution is -2.43. The maximum atomic E-state index is 5.75. The van der Waals surface area contributed by atoms with Crippen LogP contribution < -0.4 is 0 Å². The van der Waals surface area contributed by atoms with Crippen LogP contribution in [0.5, 0.6) is 0 Å². The molecule has 0 aromatic rings. The summed E-state index contributed by atoms with van der Waals surface area (Å²) in [6.07, 6.45) is 1.76. The highest BCUT2D eigenvalue weighted by molar-refractivity contribution is 7.81. The second kappa shape index (κ2) is 3.46. The SMILES string of the molecule is [B]B([B][BH3-])B([BH3-])[BH3-]. The lowest BCUT2D eigenvalue weighted by Gasteiger charge is -2.20. The largest absolute Gasteiger partial charge is 0.264 e. The van der Waals surface area contributed by atoms with Gasteiger partial charge >= 0.3 is 0 Å². The fourth-order valence-electron chi connectivity index (χ4n) is 0. The summed E-state index contributed by atoms with van der Waals surface area (Å²) >= 11 is 0. The monoisotopic (exact) mass is 86.1 g/mol. The van der Waals surface area contributed by atoms with Gasteiger partial charge in [0.25, 0.3) is 0 Å². The van der Waals surface area contributed by atoms with Crippen LogP contribution in [0.15, 0.2) is 0 Å². The van der Waals surface area contributed by atoms with E-state index in [-0.39, 0.29) is 0 Å². The lowest BCUT2D eigenvalue weighted by atomic mass is 8.76. The van der Waals surface area contributed by atoms with E-state index in [1.807, 2.05) is 0 Å². The Bertz CT molecular complexity index is 37.3. The van der Waals surface area contributed by atoms with Crippen LogP contribution in [-0.2, 0) is 0 Å². The van der Waals surface area contributed by atoms with E-state index < -0.39 is 0 Å². The first-order valence-corrected chi connectivity index (χ1v) is 1.00. The summed E-state index contributed by atoms with van der Waals surface area (Å²) in [6.45, 7) is 0. The van der Waals surface area contributed by atoms with Crippen molar-refractivity contribution in [1.82, 2.24) is 0 Å². The molecule has 7 heteroatoms. The quantitative estimate of drug-likeness (QED) is 0.294. The fraction of sp³-hybridized carbons (Fsp3) is 0. The number of hydrogen-bond acceptors (Lipinski definition) is 0. The molecule has 0 nitrogen and oxygen atoms in total. The van der Waals surface area contributed by atoms with Crippen LogP contribution in [0.1, 0.15) is 0 Å². The third-order valence-electron chi connectivity index (χ3n) is 0. The topological polar surface area (TPSA) is 0 Å². The minimum absolute atomic E-state index is 0.505. The molecule has 0 amide bonds. The van der Waals surface area contributed by atoms with Gasteiger partial charge in [-0.15, -0.1) is 15.5 Å². The van der Waals surface area contributed by atoms with Gasteiger partial charge < -0.3 is 0 Å². The highest BCUT2D eigenvalue weighted by Gasteiger charge is 1.91. The Morgan fingerprint density at radius 2 is 1.86 bits per heavy atom. The molecule has 0 aliphatic carbocycles. The van der Waals surface area contributed by atoms with Gasteiger partial charge in [-0.3, -0.25) is 6.39 Å². The maximum Gasteiger partial charge on any atom is -0.00825 e. The standard InChI is InChI=1S/B7H9/c1-5-7(4)6(2)3/h1-3H3/q-3. The summed E-state index contributed by atoms with van der Waals surface area (Å²) in [5.41, 5.74) is 0. The molecular weight excluding hydrogens is 75.7 g/mol. The molecule has 0 aromatic heterocycles. The highest BCUT2D eigenvalue weighted by Crippen LogP contribution is 1.68. The predicted molar refractivity (Wildman–Crippen MR) is 52.8 cm³/mol. The maximum absolute atomic E-state index is 5.75. The van der Waals surface area contributed by atoms with Crippen LogP contribution in [0.2, 0.25) is 0 Å². The van der Waals surface area contributed by atoms with Crippen molar-refractivity contribution < 1.29 is 0 Å². The molecule has 7 heavy (non-hydrogen) atoms. The predicted octanol–water partition coefficient (Wildman–Crippen LogP) is -5.07. The third kappa shape index (κ3) is 3.07. The summed E-state index contributed by atoms with van der Waals surface area (Å²) in [7, 11) is 9.91. The van der Waals surface area contributed by atoms with Crippen LogP contribution in [0, 0.1) is 0 Å². The van der Waals surface area contributed by atoms with Crippen molar-refractivity contribution in [3.05, 3.63) is 0 Å². The molecule has 0 unspecified atom stereocenters. The summed E-state index contributed by atoms with van der Waals surface area (Å²) in [6, 6.07) is 0. The normalized spacial score (nSPS) is 7.86. The zero-order valence-corrected chi connectivity index (χ0v) is 2.31. The van der Waals surface area contributed by atoms with Gasteiger partial charge in [0.2, 0.25) is 0 Å². The second-order valence-electron chi connectivity index (χ2n) is 0.577. The average Bonchev–Trinajstić information content (AvgIpc) is 1.65. The molecule has 33 valence electrons. The molecule has 3 radical (unpaired) electrons. The summed E-state index contributed by atoms with van der Waals surface area (Å²) in [4.78, 5) is 0. The van der Waals surface area contributed by atoms with Gasteiger partial charge in [-0.05, 0) is 7.74 Å². The zero-order chi connectivity index (χ0) is 5.86. The van der Waals surface area contributed by atoms with E-state index in [2.05, 4.69) is 7.06 Å². The number of rotatable bonds is 2.